The Hall–Kier alpha value is -0.970. The van der Waals surface area contributed by atoms with Crippen LogP contribution in [0, 0.1) is 6.92 Å². The van der Waals surface area contributed by atoms with Crippen molar-refractivity contribution in [1.29, 1.82) is 0 Å². The van der Waals surface area contributed by atoms with Crippen molar-refractivity contribution >= 4 is 23.4 Å². The summed E-state index contributed by atoms with van der Waals surface area (Å²) in [6.07, 6.45) is 2.33. The van der Waals surface area contributed by atoms with E-state index in [1.807, 2.05) is 24.8 Å². The first-order valence-corrected chi connectivity index (χ1v) is 7.37. The molecule has 2 rings (SSSR count). The molecule has 0 amide bonds. The lowest BCUT2D eigenvalue weighted by atomic mass is 10.2. The van der Waals surface area contributed by atoms with Crippen LogP contribution in [0.1, 0.15) is 25.6 Å². The van der Waals surface area contributed by atoms with Crippen molar-refractivity contribution < 1.29 is 0 Å². The van der Waals surface area contributed by atoms with Crippen molar-refractivity contribution in [2.24, 2.45) is 0 Å². The fraction of sp³-hybridized carbons (Fsp3) is 0.667. The Kier molecular flexibility index (Phi) is 4.48. The Labute approximate surface area is 107 Å². The normalized spacial score (nSPS) is 19.3. The number of anilines is 2. The summed E-state index contributed by atoms with van der Waals surface area (Å²) in [4.78, 5) is 8.81. The second-order valence-corrected chi connectivity index (χ2v) is 5.47. The molecular formula is C12H20N4S. The van der Waals surface area contributed by atoms with Gasteiger partial charge in [-0.2, -0.15) is 11.8 Å². The van der Waals surface area contributed by atoms with E-state index in [2.05, 4.69) is 27.5 Å². The maximum absolute atomic E-state index is 4.43. The molecule has 0 aromatic carbocycles. The highest BCUT2D eigenvalue weighted by molar-refractivity contribution is 7.99. The Morgan fingerprint density at radius 2 is 2.24 bits per heavy atom. The van der Waals surface area contributed by atoms with Gasteiger partial charge in [-0.3, -0.25) is 0 Å². The predicted molar refractivity (Wildman–Crippen MR) is 74.9 cm³/mol. The first kappa shape index (κ1) is 12.5. The molecule has 1 aliphatic heterocycles. The van der Waals surface area contributed by atoms with Crippen LogP contribution >= 0.6 is 11.8 Å². The van der Waals surface area contributed by atoms with E-state index in [4.69, 9.17) is 0 Å². The van der Waals surface area contributed by atoms with Gasteiger partial charge in [0.25, 0.3) is 0 Å². The SMILES string of the molecule is CCCNc1cc(NC2CCSC2)nc(C)n1. The minimum atomic E-state index is 0.563. The van der Waals surface area contributed by atoms with Crippen molar-refractivity contribution in [3.8, 4) is 0 Å². The van der Waals surface area contributed by atoms with Gasteiger partial charge >= 0.3 is 0 Å². The molecule has 0 aliphatic carbocycles. The molecule has 2 N–H and O–H groups in total. The molecule has 5 heteroatoms. The molecule has 4 nitrogen and oxygen atoms in total. The van der Waals surface area contributed by atoms with Gasteiger partial charge in [0, 0.05) is 24.4 Å². The van der Waals surface area contributed by atoms with Gasteiger partial charge in [-0.25, -0.2) is 9.97 Å². The molecule has 1 saturated heterocycles. The van der Waals surface area contributed by atoms with Gasteiger partial charge in [0.2, 0.25) is 0 Å². The summed E-state index contributed by atoms with van der Waals surface area (Å²) < 4.78 is 0. The Balaban J connectivity index is 2.02. The van der Waals surface area contributed by atoms with Crippen LogP contribution in [-0.4, -0.2) is 34.1 Å². The molecule has 0 radical (unpaired) electrons. The third-order valence-electron chi connectivity index (χ3n) is 2.68. The van der Waals surface area contributed by atoms with E-state index in [1.165, 1.54) is 17.9 Å². The summed E-state index contributed by atoms with van der Waals surface area (Å²) in [6, 6.07) is 2.57. The largest absolute Gasteiger partial charge is 0.370 e. The number of thioether (sulfide) groups is 1. The summed E-state index contributed by atoms with van der Waals surface area (Å²) in [5.41, 5.74) is 0. The molecule has 1 aromatic heterocycles. The van der Waals surface area contributed by atoms with Crippen molar-refractivity contribution in [1.82, 2.24) is 9.97 Å². The summed E-state index contributed by atoms with van der Waals surface area (Å²) in [5, 5.41) is 6.79. The third-order valence-corrected chi connectivity index (χ3v) is 3.84. The van der Waals surface area contributed by atoms with Crippen molar-refractivity contribution in [2.45, 2.75) is 32.7 Å². The first-order chi connectivity index (χ1) is 8.28. The second-order valence-electron chi connectivity index (χ2n) is 4.32. The van der Waals surface area contributed by atoms with Gasteiger partial charge in [-0.15, -0.1) is 0 Å². The molecule has 0 bridgehead atoms. The van der Waals surface area contributed by atoms with Crippen LogP contribution in [0.5, 0.6) is 0 Å². The molecule has 94 valence electrons. The Bertz CT molecular complexity index is 364. The quantitative estimate of drug-likeness (QED) is 0.843. The van der Waals surface area contributed by atoms with Gasteiger partial charge in [0.05, 0.1) is 0 Å². The number of nitrogens with one attached hydrogen (secondary N) is 2. The third kappa shape index (κ3) is 3.77. The molecule has 1 atom stereocenters. The molecule has 0 spiro atoms. The number of hydrogen-bond acceptors (Lipinski definition) is 5. The van der Waals surface area contributed by atoms with Crippen LogP contribution in [-0.2, 0) is 0 Å². The molecule has 1 fully saturated rings. The average Bonchev–Trinajstić information content (AvgIpc) is 2.78. The number of aromatic nitrogens is 2. The molecular weight excluding hydrogens is 232 g/mol. The summed E-state index contributed by atoms with van der Waals surface area (Å²) in [6.45, 7) is 5.04. The van der Waals surface area contributed by atoms with Gasteiger partial charge in [-0.05, 0) is 25.5 Å². The fourth-order valence-corrected chi connectivity index (χ4v) is 3.00. The van der Waals surface area contributed by atoms with E-state index in [9.17, 15) is 0 Å². The van der Waals surface area contributed by atoms with Gasteiger partial charge < -0.3 is 10.6 Å². The number of rotatable bonds is 5. The lowest BCUT2D eigenvalue weighted by Gasteiger charge is -2.13. The molecule has 17 heavy (non-hydrogen) atoms. The van der Waals surface area contributed by atoms with Gasteiger partial charge in [0.1, 0.15) is 17.5 Å². The zero-order valence-electron chi connectivity index (χ0n) is 10.5. The average molecular weight is 252 g/mol. The van der Waals surface area contributed by atoms with Crippen LogP contribution in [0.4, 0.5) is 11.6 Å². The lowest BCUT2D eigenvalue weighted by molar-refractivity contribution is 0.803. The fourth-order valence-electron chi connectivity index (χ4n) is 1.84. The van der Waals surface area contributed by atoms with E-state index in [0.29, 0.717) is 6.04 Å². The lowest BCUT2D eigenvalue weighted by Crippen LogP contribution is -2.19. The van der Waals surface area contributed by atoms with E-state index in [-0.39, 0.29) is 0 Å². The van der Waals surface area contributed by atoms with E-state index >= 15 is 0 Å². The summed E-state index contributed by atoms with van der Waals surface area (Å²) in [5.74, 6) is 5.12. The highest BCUT2D eigenvalue weighted by atomic mass is 32.2. The van der Waals surface area contributed by atoms with Gasteiger partial charge in [-0.1, -0.05) is 6.92 Å². The Morgan fingerprint density at radius 1 is 1.41 bits per heavy atom. The zero-order valence-corrected chi connectivity index (χ0v) is 11.3. The number of hydrogen-bond donors (Lipinski definition) is 2. The molecule has 1 aliphatic rings. The standard InChI is InChI=1S/C12H20N4S/c1-3-5-13-11-7-12(15-9(2)14-11)16-10-4-6-17-8-10/h7,10H,3-6,8H2,1-2H3,(H2,13,14,15,16). The van der Waals surface area contributed by atoms with Gasteiger partial charge in [0.15, 0.2) is 0 Å². The summed E-state index contributed by atoms with van der Waals surface area (Å²) >= 11 is 2.00. The van der Waals surface area contributed by atoms with Crippen LogP contribution < -0.4 is 10.6 Å². The molecule has 0 saturated carbocycles. The highest BCUT2D eigenvalue weighted by Gasteiger charge is 2.15. The first-order valence-electron chi connectivity index (χ1n) is 6.21. The molecule has 2 heterocycles. The molecule has 1 aromatic rings. The van der Waals surface area contributed by atoms with Crippen LogP contribution in [0.15, 0.2) is 6.07 Å². The minimum Gasteiger partial charge on any atom is -0.370 e. The summed E-state index contributed by atoms with van der Waals surface area (Å²) in [7, 11) is 0. The van der Waals surface area contributed by atoms with Crippen LogP contribution in [0.3, 0.4) is 0 Å². The maximum Gasteiger partial charge on any atom is 0.132 e. The topological polar surface area (TPSA) is 49.8 Å². The van der Waals surface area contributed by atoms with Crippen molar-refractivity contribution in [3.05, 3.63) is 11.9 Å². The van der Waals surface area contributed by atoms with E-state index in [0.717, 1.165) is 30.4 Å². The smallest absolute Gasteiger partial charge is 0.132 e. The van der Waals surface area contributed by atoms with Crippen molar-refractivity contribution in [3.63, 3.8) is 0 Å². The van der Waals surface area contributed by atoms with E-state index < -0.39 is 0 Å². The molecule has 1 unspecified atom stereocenters. The maximum atomic E-state index is 4.43. The number of nitrogens with zero attached hydrogens (tertiary/aromatic N) is 2. The zero-order chi connectivity index (χ0) is 12.1. The monoisotopic (exact) mass is 252 g/mol. The predicted octanol–water partition coefficient (Wildman–Crippen LogP) is 2.52. The highest BCUT2D eigenvalue weighted by Crippen LogP contribution is 2.21. The van der Waals surface area contributed by atoms with Crippen molar-refractivity contribution in [2.75, 3.05) is 28.7 Å². The minimum absolute atomic E-state index is 0.563. The van der Waals surface area contributed by atoms with Crippen LogP contribution in [0.25, 0.3) is 0 Å². The second kappa shape index (κ2) is 6.10. The van der Waals surface area contributed by atoms with E-state index in [1.54, 1.807) is 0 Å². The van der Waals surface area contributed by atoms with Crippen LogP contribution in [0.2, 0.25) is 0 Å². The Morgan fingerprint density at radius 3 is 2.94 bits per heavy atom. The number of aryl methyl sites for hydroxylation is 1.